The maximum Gasteiger partial charge on any atom is 0.250 e. The van der Waals surface area contributed by atoms with Crippen molar-refractivity contribution in [2.45, 2.75) is 0 Å². The summed E-state index contributed by atoms with van der Waals surface area (Å²) in [5.41, 5.74) is 0.994. The Balaban J connectivity index is 2.58. The SMILES string of the molecule is O=c1cc(-c2ccccc2)cc(F)[nH]1. The molecule has 0 atom stereocenters. The highest BCUT2D eigenvalue weighted by Gasteiger charge is 2.00. The number of pyridine rings is 1. The van der Waals surface area contributed by atoms with E-state index in [0.29, 0.717) is 5.56 Å². The molecule has 70 valence electrons. The number of nitrogens with one attached hydrogen (secondary N) is 1. The van der Waals surface area contributed by atoms with Crippen molar-refractivity contribution in [3.05, 3.63) is 58.8 Å². The number of hydrogen-bond acceptors (Lipinski definition) is 1. The smallest absolute Gasteiger partial charge is 0.250 e. The van der Waals surface area contributed by atoms with Crippen molar-refractivity contribution in [2.24, 2.45) is 0 Å². The molecule has 0 spiro atoms. The zero-order valence-electron chi connectivity index (χ0n) is 7.33. The predicted octanol–water partition coefficient (Wildman–Crippen LogP) is 2.18. The highest BCUT2D eigenvalue weighted by atomic mass is 19.1. The molecular weight excluding hydrogens is 181 g/mol. The minimum absolute atomic E-state index is 0.427. The van der Waals surface area contributed by atoms with Gasteiger partial charge in [0.25, 0.3) is 5.56 Å². The van der Waals surface area contributed by atoms with Crippen molar-refractivity contribution in [1.82, 2.24) is 4.98 Å². The Kier molecular flexibility index (Phi) is 2.14. The van der Waals surface area contributed by atoms with Crippen LogP contribution >= 0.6 is 0 Å². The average molecular weight is 189 g/mol. The maximum absolute atomic E-state index is 12.9. The summed E-state index contributed by atoms with van der Waals surface area (Å²) in [5.74, 6) is -0.614. The molecule has 0 saturated heterocycles. The Morgan fingerprint density at radius 1 is 1.00 bits per heavy atom. The first kappa shape index (κ1) is 8.69. The molecule has 0 aliphatic rings. The summed E-state index contributed by atoms with van der Waals surface area (Å²) in [5, 5.41) is 0. The summed E-state index contributed by atoms with van der Waals surface area (Å²) in [6, 6.07) is 11.9. The van der Waals surface area contributed by atoms with Crippen LogP contribution in [0, 0.1) is 5.95 Å². The van der Waals surface area contributed by atoms with Gasteiger partial charge < -0.3 is 0 Å². The number of hydrogen-bond donors (Lipinski definition) is 1. The molecule has 0 radical (unpaired) electrons. The fourth-order valence-electron chi connectivity index (χ4n) is 1.31. The van der Waals surface area contributed by atoms with E-state index in [1.165, 1.54) is 12.1 Å². The Bertz CT molecular complexity index is 490. The van der Waals surface area contributed by atoms with Crippen LogP contribution in [-0.4, -0.2) is 4.98 Å². The third kappa shape index (κ3) is 1.71. The topological polar surface area (TPSA) is 32.9 Å². The van der Waals surface area contributed by atoms with Gasteiger partial charge in [-0.1, -0.05) is 30.3 Å². The minimum atomic E-state index is -0.614. The van der Waals surface area contributed by atoms with Crippen molar-refractivity contribution in [2.75, 3.05) is 0 Å². The zero-order valence-corrected chi connectivity index (χ0v) is 7.33. The second-order valence-corrected chi connectivity index (χ2v) is 2.95. The largest absolute Gasteiger partial charge is 0.299 e. The molecule has 0 bridgehead atoms. The van der Waals surface area contributed by atoms with E-state index in [9.17, 15) is 9.18 Å². The summed E-state index contributed by atoms with van der Waals surface area (Å²) in [7, 11) is 0. The molecule has 0 amide bonds. The van der Waals surface area contributed by atoms with Gasteiger partial charge in [0.05, 0.1) is 0 Å². The van der Waals surface area contributed by atoms with Crippen LogP contribution in [0.2, 0.25) is 0 Å². The molecular formula is C11H8FNO. The van der Waals surface area contributed by atoms with Gasteiger partial charge >= 0.3 is 0 Å². The number of aromatic amines is 1. The van der Waals surface area contributed by atoms with E-state index in [1.807, 2.05) is 30.3 Å². The van der Waals surface area contributed by atoms with E-state index in [4.69, 9.17) is 0 Å². The first-order valence-corrected chi connectivity index (χ1v) is 4.21. The van der Waals surface area contributed by atoms with Crippen molar-refractivity contribution >= 4 is 0 Å². The van der Waals surface area contributed by atoms with Gasteiger partial charge in [-0.25, -0.2) is 0 Å². The van der Waals surface area contributed by atoms with Gasteiger partial charge in [-0.15, -0.1) is 0 Å². The number of rotatable bonds is 1. The van der Waals surface area contributed by atoms with Gasteiger partial charge in [0.2, 0.25) is 0 Å². The first-order valence-electron chi connectivity index (χ1n) is 4.21. The van der Waals surface area contributed by atoms with E-state index in [-0.39, 0.29) is 0 Å². The molecule has 1 N–H and O–H groups in total. The van der Waals surface area contributed by atoms with Gasteiger partial charge in [-0.2, -0.15) is 4.39 Å². The Labute approximate surface area is 80.0 Å². The van der Waals surface area contributed by atoms with Gasteiger partial charge in [0.15, 0.2) is 5.95 Å². The predicted molar refractivity (Wildman–Crippen MR) is 52.5 cm³/mol. The molecule has 3 heteroatoms. The number of aromatic nitrogens is 1. The molecule has 2 aromatic rings. The number of benzene rings is 1. The Morgan fingerprint density at radius 2 is 1.71 bits per heavy atom. The van der Waals surface area contributed by atoms with Gasteiger partial charge in [-0.05, 0) is 17.2 Å². The summed E-state index contributed by atoms with van der Waals surface area (Å²) in [6.07, 6.45) is 0. The highest BCUT2D eigenvalue weighted by molar-refractivity contribution is 5.62. The van der Waals surface area contributed by atoms with E-state index >= 15 is 0 Å². The lowest BCUT2D eigenvalue weighted by Crippen LogP contribution is -2.06. The molecule has 2 nitrogen and oxygen atoms in total. The van der Waals surface area contributed by atoms with Crippen molar-refractivity contribution < 1.29 is 4.39 Å². The van der Waals surface area contributed by atoms with Crippen LogP contribution < -0.4 is 5.56 Å². The fourth-order valence-corrected chi connectivity index (χ4v) is 1.31. The van der Waals surface area contributed by atoms with Crippen LogP contribution in [0.5, 0.6) is 0 Å². The monoisotopic (exact) mass is 189 g/mol. The maximum atomic E-state index is 12.9. The molecule has 1 heterocycles. The third-order valence-corrected chi connectivity index (χ3v) is 1.92. The van der Waals surface area contributed by atoms with E-state index in [0.717, 1.165) is 5.56 Å². The number of halogens is 1. The second-order valence-electron chi connectivity index (χ2n) is 2.95. The first-order chi connectivity index (χ1) is 6.75. The lowest BCUT2D eigenvalue weighted by molar-refractivity contribution is 0.580. The lowest BCUT2D eigenvalue weighted by atomic mass is 10.1. The quantitative estimate of drug-likeness (QED) is 0.685. The fraction of sp³-hybridized carbons (Fsp3) is 0. The van der Waals surface area contributed by atoms with Gasteiger partial charge in [0.1, 0.15) is 0 Å². The highest BCUT2D eigenvalue weighted by Crippen LogP contribution is 2.16. The molecule has 0 aliphatic carbocycles. The van der Waals surface area contributed by atoms with Crippen LogP contribution in [0.3, 0.4) is 0 Å². The summed E-state index contributed by atoms with van der Waals surface area (Å²) < 4.78 is 12.9. The van der Waals surface area contributed by atoms with Crippen molar-refractivity contribution in [3.8, 4) is 11.1 Å². The zero-order chi connectivity index (χ0) is 9.97. The van der Waals surface area contributed by atoms with E-state index < -0.39 is 11.5 Å². The van der Waals surface area contributed by atoms with Crippen LogP contribution in [0.25, 0.3) is 11.1 Å². The van der Waals surface area contributed by atoms with Crippen LogP contribution in [0.15, 0.2) is 47.3 Å². The van der Waals surface area contributed by atoms with Crippen LogP contribution in [-0.2, 0) is 0 Å². The molecule has 0 saturated carbocycles. The normalized spacial score (nSPS) is 10.1. The Hall–Kier alpha value is -1.90. The molecule has 1 aromatic heterocycles. The molecule has 0 aliphatic heterocycles. The van der Waals surface area contributed by atoms with Crippen molar-refractivity contribution in [3.63, 3.8) is 0 Å². The molecule has 1 aromatic carbocycles. The van der Waals surface area contributed by atoms with Crippen LogP contribution in [0.4, 0.5) is 4.39 Å². The van der Waals surface area contributed by atoms with Gasteiger partial charge in [0, 0.05) is 6.07 Å². The molecule has 0 fully saturated rings. The molecule has 14 heavy (non-hydrogen) atoms. The standard InChI is InChI=1S/C11H8FNO/c12-10-6-9(7-11(14)13-10)8-4-2-1-3-5-8/h1-7H,(H,13,14). The average Bonchev–Trinajstić information content (AvgIpc) is 2.18. The Morgan fingerprint density at radius 3 is 2.36 bits per heavy atom. The van der Waals surface area contributed by atoms with E-state index in [1.54, 1.807) is 0 Å². The third-order valence-electron chi connectivity index (χ3n) is 1.92. The number of H-pyrrole nitrogens is 1. The molecule has 2 rings (SSSR count). The summed E-state index contributed by atoms with van der Waals surface area (Å²) in [6.45, 7) is 0. The molecule has 0 unspecified atom stereocenters. The van der Waals surface area contributed by atoms with E-state index in [2.05, 4.69) is 4.98 Å². The summed E-state index contributed by atoms with van der Waals surface area (Å²) >= 11 is 0. The van der Waals surface area contributed by atoms with Crippen LogP contribution in [0.1, 0.15) is 0 Å². The van der Waals surface area contributed by atoms with Crippen molar-refractivity contribution in [1.29, 1.82) is 0 Å². The van der Waals surface area contributed by atoms with Gasteiger partial charge in [-0.3, -0.25) is 9.78 Å². The second kappa shape index (κ2) is 3.46. The summed E-state index contributed by atoms with van der Waals surface area (Å²) in [4.78, 5) is 13.0. The minimum Gasteiger partial charge on any atom is -0.299 e. The lowest BCUT2D eigenvalue weighted by Gasteiger charge is -1.99.